The fraction of sp³-hybridized carbons (Fsp3) is 0.250. The quantitative estimate of drug-likeness (QED) is 0.662. The van der Waals surface area contributed by atoms with Gasteiger partial charge in [-0.05, 0) is 38.1 Å². The summed E-state index contributed by atoms with van der Waals surface area (Å²) in [5, 5.41) is 4.00. The lowest BCUT2D eigenvalue weighted by Gasteiger charge is -2.16. The molecule has 0 spiro atoms. The third kappa shape index (κ3) is 3.76. The summed E-state index contributed by atoms with van der Waals surface area (Å²) < 4.78 is 15.9. The number of benzene rings is 1. The smallest absolute Gasteiger partial charge is 0.341 e. The molecule has 0 fully saturated rings. The van der Waals surface area contributed by atoms with E-state index in [1.807, 2.05) is 25.1 Å². The van der Waals surface area contributed by atoms with Gasteiger partial charge in [0.2, 0.25) is 0 Å². The zero-order valence-electron chi connectivity index (χ0n) is 15.7. The minimum atomic E-state index is -0.456. The van der Waals surface area contributed by atoms with Gasteiger partial charge in [-0.1, -0.05) is 0 Å². The minimum absolute atomic E-state index is 0.272. The number of aromatic nitrogens is 2. The third-order valence-corrected chi connectivity index (χ3v) is 4.03. The highest BCUT2D eigenvalue weighted by molar-refractivity contribution is 6.05. The Hall–Kier alpha value is -3.35. The predicted molar refractivity (Wildman–Crippen MR) is 103 cm³/mol. The Morgan fingerprint density at radius 1 is 1.15 bits per heavy atom. The largest absolute Gasteiger partial charge is 0.497 e. The first-order valence-corrected chi connectivity index (χ1v) is 8.50. The van der Waals surface area contributed by atoms with E-state index in [0.29, 0.717) is 39.5 Å². The molecule has 0 radical (unpaired) electrons. The Labute approximate surface area is 157 Å². The highest BCUT2D eigenvalue weighted by Crippen LogP contribution is 2.35. The van der Waals surface area contributed by atoms with E-state index in [1.54, 1.807) is 33.3 Å². The van der Waals surface area contributed by atoms with Crippen molar-refractivity contribution in [2.75, 3.05) is 26.1 Å². The average molecular weight is 367 g/mol. The van der Waals surface area contributed by atoms with Crippen molar-refractivity contribution >= 4 is 28.4 Å². The number of nitrogens with zero attached hydrogens (tertiary/aromatic N) is 2. The van der Waals surface area contributed by atoms with Gasteiger partial charge < -0.3 is 19.5 Å². The second-order valence-electron chi connectivity index (χ2n) is 5.78. The van der Waals surface area contributed by atoms with E-state index in [2.05, 4.69) is 15.3 Å². The molecule has 27 heavy (non-hydrogen) atoms. The van der Waals surface area contributed by atoms with E-state index in [1.165, 1.54) is 6.20 Å². The molecule has 0 aliphatic rings. The molecule has 2 heterocycles. The fourth-order valence-electron chi connectivity index (χ4n) is 2.71. The van der Waals surface area contributed by atoms with Crippen molar-refractivity contribution in [3.63, 3.8) is 0 Å². The van der Waals surface area contributed by atoms with Crippen LogP contribution in [0.25, 0.3) is 11.0 Å². The summed E-state index contributed by atoms with van der Waals surface area (Å²) in [5.74, 6) is 0.788. The number of fused-ring (bicyclic) bond motifs is 1. The van der Waals surface area contributed by atoms with E-state index in [4.69, 9.17) is 14.2 Å². The third-order valence-electron chi connectivity index (χ3n) is 4.03. The lowest BCUT2D eigenvalue weighted by molar-refractivity contribution is 0.0527. The van der Waals surface area contributed by atoms with Gasteiger partial charge in [0, 0.05) is 23.3 Å². The first-order valence-electron chi connectivity index (χ1n) is 8.50. The van der Waals surface area contributed by atoms with Crippen LogP contribution >= 0.6 is 0 Å². The maximum atomic E-state index is 12.4. The number of hydrogen-bond acceptors (Lipinski definition) is 7. The Bertz CT molecular complexity index is 988. The van der Waals surface area contributed by atoms with Crippen LogP contribution in [0.2, 0.25) is 0 Å². The molecule has 7 heteroatoms. The van der Waals surface area contributed by atoms with Crippen LogP contribution in [0.1, 0.15) is 23.0 Å². The van der Waals surface area contributed by atoms with Crippen LogP contribution in [0.15, 0.2) is 36.5 Å². The number of pyridine rings is 2. The van der Waals surface area contributed by atoms with Crippen LogP contribution in [0.3, 0.4) is 0 Å². The molecule has 0 saturated heterocycles. The molecule has 0 atom stereocenters. The van der Waals surface area contributed by atoms with E-state index in [-0.39, 0.29) is 6.61 Å². The fourth-order valence-corrected chi connectivity index (χ4v) is 2.71. The van der Waals surface area contributed by atoms with Crippen molar-refractivity contribution in [1.29, 1.82) is 0 Å². The second kappa shape index (κ2) is 7.90. The van der Waals surface area contributed by atoms with Gasteiger partial charge in [-0.3, -0.25) is 0 Å². The zero-order valence-corrected chi connectivity index (χ0v) is 15.7. The topological polar surface area (TPSA) is 82.6 Å². The molecule has 2 aromatic heterocycles. The lowest BCUT2D eigenvalue weighted by Crippen LogP contribution is -2.10. The van der Waals surface area contributed by atoms with Gasteiger partial charge in [0.1, 0.15) is 17.1 Å². The summed E-state index contributed by atoms with van der Waals surface area (Å²) in [7, 11) is 3.16. The van der Waals surface area contributed by atoms with Crippen molar-refractivity contribution in [1.82, 2.24) is 9.97 Å². The van der Waals surface area contributed by atoms with Crippen molar-refractivity contribution < 1.29 is 19.0 Å². The van der Waals surface area contributed by atoms with Crippen molar-refractivity contribution in [2.24, 2.45) is 0 Å². The van der Waals surface area contributed by atoms with Gasteiger partial charge in [-0.2, -0.15) is 0 Å². The SMILES string of the molecule is CCOC(=O)c1cnc2nc(C)ccc2c1Nc1ccc(OC)cc1OC. The second-order valence-corrected chi connectivity index (χ2v) is 5.78. The molecule has 0 aliphatic heterocycles. The summed E-state index contributed by atoms with van der Waals surface area (Å²) in [5.41, 5.74) is 2.95. The Kier molecular flexibility index (Phi) is 5.40. The van der Waals surface area contributed by atoms with Gasteiger partial charge in [-0.15, -0.1) is 0 Å². The van der Waals surface area contributed by atoms with Gasteiger partial charge in [0.25, 0.3) is 0 Å². The number of methoxy groups -OCH3 is 2. The first-order chi connectivity index (χ1) is 13.1. The minimum Gasteiger partial charge on any atom is -0.497 e. The Morgan fingerprint density at radius 3 is 2.67 bits per heavy atom. The van der Waals surface area contributed by atoms with Crippen molar-refractivity contribution in [3.05, 3.63) is 47.8 Å². The van der Waals surface area contributed by atoms with Crippen LogP contribution in [-0.4, -0.2) is 36.8 Å². The summed E-state index contributed by atoms with van der Waals surface area (Å²) in [4.78, 5) is 21.2. The van der Waals surface area contributed by atoms with E-state index >= 15 is 0 Å². The number of nitrogens with one attached hydrogen (secondary N) is 1. The van der Waals surface area contributed by atoms with Crippen molar-refractivity contribution in [3.8, 4) is 11.5 Å². The van der Waals surface area contributed by atoms with Gasteiger partial charge in [-0.25, -0.2) is 14.8 Å². The highest BCUT2D eigenvalue weighted by Gasteiger charge is 2.19. The van der Waals surface area contributed by atoms with E-state index in [9.17, 15) is 4.79 Å². The number of carbonyl (C=O) groups is 1. The van der Waals surface area contributed by atoms with Crippen LogP contribution < -0.4 is 14.8 Å². The lowest BCUT2D eigenvalue weighted by atomic mass is 10.1. The molecular weight excluding hydrogens is 346 g/mol. The Morgan fingerprint density at radius 2 is 1.96 bits per heavy atom. The van der Waals surface area contributed by atoms with Crippen molar-refractivity contribution in [2.45, 2.75) is 13.8 Å². The molecule has 0 bridgehead atoms. The van der Waals surface area contributed by atoms with Gasteiger partial charge in [0.05, 0.1) is 32.2 Å². The molecule has 3 rings (SSSR count). The standard InChI is InChI=1S/C20H21N3O4/c1-5-27-20(24)15-11-21-19-14(8-6-12(2)22-19)18(15)23-16-9-7-13(25-3)10-17(16)26-4/h6-11H,5H2,1-4H3,(H,21,22,23). The molecule has 3 aromatic rings. The van der Waals surface area contributed by atoms with E-state index < -0.39 is 5.97 Å². The van der Waals surface area contributed by atoms with Crippen LogP contribution in [0.4, 0.5) is 11.4 Å². The number of hydrogen-bond donors (Lipinski definition) is 1. The Balaban J connectivity index is 2.16. The molecule has 140 valence electrons. The number of ether oxygens (including phenoxy) is 3. The number of anilines is 2. The van der Waals surface area contributed by atoms with Crippen LogP contribution in [-0.2, 0) is 4.74 Å². The summed E-state index contributed by atoms with van der Waals surface area (Å²) in [6, 6.07) is 9.14. The molecule has 0 amide bonds. The normalized spacial score (nSPS) is 10.5. The monoisotopic (exact) mass is 367 g/mol. The highest BCUT2D eigenvalue weighted by atomic mass is 16.5. The zero-order chi connectivity index (χ0) is 19.4. The molecule has 0 unspecified atom stereocenters. The summed E-state index contributed by atoms with van der Waals surface area (Å²) in [6.45, 7) is 3.92. The van der Waals surface area contributed by atoms with Gasteiger partial charge in [0.15, 0.2) is 5.65 Å². The maximum absolute atomic E-state index is 12.4. The number of aryl methyl sites for hydroxylation is 1. The predicted octanol–water partition coefficient (Wildman–Crippen LogP) is 3.88. The number of carbonyl (C=O) groups excluding carboxylic acids is 1. The number of esters is 1. The number of rotatable bonds is 6. The van der Waals surface area contributed by atoms with Gasteiger partial charge >= 0.3 is 5.97 Å². The average Bonchev–Trinajstić information content (AvgIpc) is 2.68. The molecule has 1 N–H and O–H groups in total. The molecule has 1 aromatic carbocycles. The first kappa shape index (κ1) is 18.4. The summed E-state index contributed by atoms with van der Waals surface area (Å²) in [6.07, 6.45) is 1.48. The summed E-state index contributed by atoms with van der Waals surface area (Å²) >= 11 is 0. The molecular formula is C20H21N3O4. The maximum Gasteiger partial charge on any atom is 0.341 e. The molecule has 0 saturated carbocycles. The molecule has 0 aliphatic carbocycles. The van der Waals surface area contributed by atoms with Crippen LogP contribution in [0, 0.1) is 6.92 Å². The van der Waals surface area contributed by atoms with Crippen LogP contribution in [0.5, 0.6) is 11.5 Å². The molecule has 7 nitrogen and oxygen atoms in total. The van der Waals surface area contributed by atoms with E-state index in [0.717, 1.165) is 5.69 Å².